The molecule has 2 aliphatic rings. The molecule has 2 heterocycles. The molecule has 5 nitrogen and oxygen atoms in total. The van der Waals surface area contributed by atoms with E-state index in [4.69, 9.17) is 0 Å². The Balaban J connectivity index is 1.56. The summed E-state index contributed by atoms with van der Waals surface area (Å²) in [7, 11) is 0. The van der Waals surface area contributed by atoms with Gasteiger partial charge in [-0.15, -0.1) is 0 Å². The van der Waals surface area contributed by atoms with Gasteiger partial charge in [-0.3, -0.25) is 14.6 Å². The lowest BCUT2D eigenvalue weighted by Gasteiger charge is -2.31. The molecule has 1 aromatic rings. The van der Waals surface area contributed by atoms with Crippen LogP contribution in [0, 0.1) is 5.92 Å². The van der Waals surface area contributed by atoms with Crippen molar-refractivity contribution in [1.82, 2.24) is 15.2 Å². The summed E-state index contributed by atoms with van der Waals surface area (Å²) in [6.07, 6.45) is 11.8. The van der Waals surface area contributed by atoms with Crippen LogP contribution in [0.3, 0.4) is 0 Å². The Kier molecular flexibility index (Phi) is 6.42. The summed E-state index contributed by atoms with van der Waals surface area (Å²) < 4.78 is 0. The zero-order valence-electron chi connectivity index (χ0n) is 15.7. The number of likely N-dealkylation sites (tertiary alicyclic amines) is 1. The van der Waals surface area contributed by atoms with Crippen LogP contribution in [-0.2, 0) is 0 Å². The number of pyridine rings is 1. The van der Waals surface area contributed by atoms with Crippen molar-refractivity contribution < 1.29 is 9.59 Å². The van der Waals surface area contributed by atoms with Crippen LogP contribution in [0.1, 0.15) is 72.7 Å². The molecule has 3 rings (SSSR count). The van der Waals surface area contributed by atoms with Gasteiger partial charge < -0.3 is 10.2 Å². The van der Waals surface area contributed by atoms with E-state index in [1.165, 1.54) is 24.8 Å². The Hall–Kier alpha value is -2.17. The van der Waals surface area contributed by atoms with E-state index in [9.17, 15) is 9.59 Å². The fraction of sp³-hybridized carbons (Fsp3) is 0.571. The van der Waals surface area contributed by atoms with Crippen LogP contribution >= 0.6 is 0 Å². The zero-order valence-corrected chi connectivity index (χ0v) is 15.7. The molecular weight excluding hydrogens is 326 g/mol. The first-order valence-electron chi connectivity index (χ1n) is 9.85. The molecule has 1 atom stereocenters. The second kappa shape index (κ2) is 8.97. The van der Waals surface area contributed by atoms with E-state index in [1.54, 1.807) is 18.3 Å². The van der Waals surface area contributed by atoms with Gasteiger partial charge in [0.25, 0.3) is 11.8 Å². The summed E-state index contributed by atoms with van der Waals surface area (Å²) in [6.45, 7) is 4.38. The van der Waals surface area contributed by atoms with Crippen LogP contribution in [-0.4, -0.2) is 41.3 Å². The molecule has 1 saturated heterocycles. The van der Waals surface area contributed by atoms with E-state index < -0.39 is 0 Å². The largest absolute Gasteiger partial charge is 0.350 e. The molecule has 1 aromatic heterocycles. The van der Waals surface area contributed by atoms with Crippen molar-refractivity contribution in [2.75, 3.05) is 19.6 Å². The first-order chi connectivity index (χ1) is 12.6. The second-order valence-electron chi connectivity index (χ2n) is 7.54. The van der Waals surface area contributed by atoms with Gasteiger partial charge >= 0.3 is 0 Å². The van der Waals surface area contributed by atoms with Crippen molar-refractivity contribution in [3.8, 4) is 0 Å². The van der Waals surface area contributed by atoms with Crippen molar-refractivity contribution in [2.45, 2.75) is 51.9 Å². The minimum atomic E-state index is -0.205. The Morgan fingerprint density at radius 3 is 2.96 bits per heavy atom. The average Bonchev–Trinajstić information content (AvgIpc) is 2.68. The third-order valence-electron chi connectivity index (χ3n) is 5.30. The van der Waals surface area contributed by atoms with Crippen molar-refractivity contribution in [3.63, 3.8) is 0 Å². The van der Waals surface area contributed by atoms with Crippen LogP contribution < -0.4 is 5.32 Å². The predicted molar refractivity (Wildman–Crippen MR) is 102 cm³/mol. The fourth-order valence-electron chi connectivity index (χ4n) is 3.80. The van der Waals surface area contributed by atoms with Gasteiger partial charge in [-0.2, -0.15) is 0 Å². The van der Waals surface area contributed by atoms with E-state index in [0.29, 0.717) is 23.7 Å². The monoisotopic (exact) mass is 355 g/mol. The van der Waals surface area contributed by atoms with E-state index in [0.717, 1.165) is 38.8 Å². The number of carbonyl (C=O) groups excluding carboxylic acids is 2. The van der Waals surface area contributed by atoms with E-state index in [-0.39, 0.29) is 11.8 Å². The Bertz CT molecular complexity index is 684. The maximum atomic E-state index is 12.7. The number of aromatic nitrogens is 1. The standard InChI is InChI=1S/C21H29N3O2/c1-16-6-5-13-24(15-16)21(26)18-10-12-22-19(14-18)20(25)23-11-9-17-7-3-2-4-8-17/h7,10,12,14,16H,2-6,8-9,11,13,15H2,1H3,(H,23,25). The van der Waals surface area contributed by atoms with Crippen LogP contribution in [0.2, 0.25) is 0 Å². The highest BCUT2D eigenvalue weighted by Gasteiger charge is 2.22. The van der Waals surface area contributed by atoms with Crippen molar-refractivity contribution in [1.29, 1.82) is 0 Å². The third kappa shape index (κ3) is 4.93. The fourth-order valence-corrected chi connectivity index (χ4v) is 3.80. The highest BCUT2D eigenvalue weighted by Crippen LogP contribution is 2.20. The quantitative estimate of drug-likeness (QED) is 0.821. The molecule has 2 amide bonds. The first kappa shape index (κ1) is 18.6. The molecule has 1 N–H and O–H groups in total. The van der Waals surface area contributed by atoms with E-state index in [1.807, 2.05) is 4.90 Å². The van der Waals surface area contributed by atoms with Crippen molar-refractivity contribution >= 4 is 11.8 Å². The molecule has 26 heavy (non-hydrogen) atoms. The molecule has 0 saturated carbocycles. The zero-order chi connectivity index (χ0) is 18.4. The predicted octanol–water partition coefficient (Wildman–Crippen LogP) is 3.57. The van der Waals surface area contributed by atoms with Gasteiger partial charge in [0.1, 0.15) is 5.69 Å². The van der Waals surface area contributed by atoms with Crippen molar-refractivity contribution in [2.24, 2.45) is 5.92 Å². The van der Waals surface area contributed by atoms with Crippen LogP contribution in [0.5, 0.6) is 0 Å². The normalized spacial score (nSPS) is 20.4. The molecule has 1 aliphatic carbocycles. The molecular formula is C21H29N3O2. The molecule has 0 radical (unpaired) electrons. The highest BCUT2D eigenvalue weighted by atomic mass is 16.2. The molecule has 0 bridgehead atoms. The lowest BCUT2D eigenvalue weighted by atomic mass is 9.97. The van der Waals surface area contributed by atoms with Gasteiger partial charge in [0, 0.05) is 31.4 Å². The summed E-state index contributed by atoms with van der Waals surface area (Å²) in [5.74, 6) is 0.329. The van der Waals surface area contributed by atoms with Gasteiger partial charge in [0.05, 0.1) is 0 Å². The maximum Gasteiger partial charge on any atom is 0.269 e. The Morgan fingerprint density at radius 1 is 1.31 bits per heavy atom. The molecule has 140 valence electrons. The summed E-state index contributed by atoms with van der Waals surface area (Å²) in [4.78, 5) is 31.1. The maximum absolute atomic E-state index is 12.7. The van der Waals surface area contributed by atoms with Crippen LogP contribution in [0.15, 0.2) is 30.0 Å². The van der Waals surface area contributed by atoms with Gasteiger partial charge in [0.15, 0.2) is 0 Å². The van der Waals surface area contributed by atoms with Gasteiger partial charge in [-0.05, 0) is 63.0 Å². The van der Waals surface area contributed by atoms with Gasteiger partial charge in [-0.25, -0.2) is 0 Å². The highest BCUT2D eigenvalue weighted by molar-refractivity contribution is 5.98. The molecule has 0 spiro atoms. The third-order valence-corrected chi connectivity index (χ3v) is 5.30. The van der Waals surface area contributed by atoms with Crippen LogP contribution in [0.4, 0.5) is 0 Å². The number of nitrogens with one attached hydrogen (secondary N) is 1. The molecule has 5 heteroatoms. The molecule has 1 unspecified atom stereocenters. The topological polar surface area (TPSA) is 62.3 Å². The SMILES string of the molecule is CC1CCCN(C(=O)c2ccnc(C(=O)NCCC3=CCCCC3)c2)C1. The second-order valence-corrected chi connectivity index (χ2v) is 7.54. The Morgan fingerprint density at radius 2 is 2.19 bits per heavy atom. The smallest absolute Gasteiger partial charge is 0.269 e. The van der Waals surface area contributed by atoms with E-state index >= 15 is 0 Å². The Labute approximate surface area is 155 Å². The summed E-state index contributed by atoms with van der Waals surface area (Å²) in [5.41, 5.74) is 2.31. The van der Waals surface area contributed by atoms with Gasteiger partial charge in [-0.1, -0.05) is 18.6 Å². The molecule has 1 fully saturated rings. The number of nitrogens with zero attached hydrogens (tertiary/aromatic N) is 2. The minimum Gasteiger partial charge on any atom is -0.350 e. The first-order valence-corrected chi connectivity index (χ1v) is 9.85. The van der Waals surface area contributed by atoms with E-state index in [2.05, 4.69) is 23.3 Å². The summed E-state index contributed by atoms with van der Waals surface area (Å²) in [5, 5.41) is 2.93. The number of piperidine rings is 1. The van der Waals surface area contributed by atoms with Crippen molar-refractivity contribution in [3.05, 3.63) is 41.2 Å². The lowest BCUT2D eigenvalue weighted by Crippen LogP contribution is -2.39. The number of carbonyl (C=O) groups is 2. The summed E-state index contributed by atoms with van der Waals surface area (Å²) >= 11 is 0. The molecule has 1 aliphatic heterocycles. The average molecular weight is 355 g/mol. The van der Waals surface area contributed by atoms with Gasteiger partial charge in [0.2, 0.25) is 0 Å². The lowest BCUT2D eigenvalue weighted by molar-refractivity contribution is 0.0683. The number of hydrogen-bond donors (Lipinski definition) is 1. The number of allylic oxidation sites excluding steroid dienone is 1. The van der Waals surface area contributed by atoms with Crippen LogP contribution in [0.25, 0.3) is 0 Å². The molecule has 0 aromatic carbocycles. The number of hydrogen-bond acceptors (Lipinski definition) is 3. The number of amides is 2. The summed E-state index contributed by atoms with van der Waals surface area (Å²) in [6, 6.07) is 3.32. The minimum absolute atomic E-state index is 0.000334. The number of rotatable bonds is 5.